The Kier molecular flexibility index (Phi) is 2.39. The van der Waals surface area contributed by atoms with Gasteiger partial charge in [-0.15, -0.1) is 0 Å². The highest BCUT2D eigenvalue weighted by molar-refractivity contribution is 6.28. The van der Waals surface area contributed by atoms with E-state index in [9.17, 15) is 9.32 Å². The van der Waals surface area contributed by atoms with E-state index in [2.05, 4.69) is 14.9 Å². The number of halogens is 2. The maximum absolute atomic E-state index is 11.4. The van der Waals surface area contributed by atoms with Crippen molar-refractivity contribution in [3.05, 3.63) is 17.0 Å². The van der Waals surface area contributed by atoms with Gasteiger partial charge in [0.2, 0.25) is 5.28 Å². The van der Waals surface area contributed by atoms with Gasteiger partial charge < -0.3 is 5.73 Å². The van der Waals surface area contributed by atoms with E-state index in [1.54, 1.807) is 0 Å². The third-order valence-electron chi connectivity index (χ3n) is 1.08. The van der Waals surface area contributed by atoms with Crippen molar-refractivity contribution >= 4 is 23.4 Å². The van der Waals surface area contributed by atoms with Crippen LogP contribution in [0.5, 0.6) is 0 Å². The van der Waals surface area contributed by atoms with Crippen LogP contribution in [0.2, 0.25) is 5.28 Å². The lowest BCUT2D eigenvalue weighted by Gasteiger charge is -1.97. The Morgan fingerprint density at radius 3 is 2.92 bits per heavy atom. The molecule has 0 radical (unpaired) electrons. The molecule has 0 spiro atoms. The number of rotatable bonds is 1. The van der Waals surface area contributed by atoms with Crippen LogP contribution in [0.1, 0.15) is 10.4 Å². The van der Waals surface area contributed by atoms with Crippen LogP contribution >= 0.6 is 11.6 Å². The topological polar surface area (TPSA) is 78.1 Å². The molecule has 1 aromatic rings. The van der Waals surface area contributed by atoms with Crippen LogP contribution in [0.15, 0.2) is 6.20 Å². The quantitative estimate of drug-likeness (QED) is 0.663. The van der Waals surface area contributed by atoms with E-state index in [0.717, 1.165) is 6.20 Å². The number of carbonyl (C=O) groups excluding carboxylic acids is 1. The van der Waals surface area contributed by atoms with Gasteiger partial charge in [0.05, 0.1) is 0 Å². The number of nitrogens with two attached hydrogens (primary N) is 1. The van der Waals surface area contributed by atoms with Gasteiger partial charge in [-0.2, -0.15) is 0 Å². The molecule has 1 rings (SSSR count). The highest BCUT2D eigenvalue weighted by Crippen LogP contribution is 2.11. The molecule has 1 heterocycles. The molecular formula is C5H3ClFN3O2. The zero-order valence-electron chi connectivity index (χ0n) is 5.62. The zero-order valence-corrected chi connectivity index (χ0v) is 6.38. The molecule has 0 aliphatic heterocycles. The number of carbonyl (C=O) groups is 1. The minimum atomic E-state index is -1.25. The fourth-order valence-corrected chi connectivity index (χ4v) is 0.711. The van der Waals surface area contributed by atoms with E-state index >= 15 is 0 Å². The molecule has 0 aliphatic carbocycles. The lowest BCUT2D eigenvalue weighted by atomic mass is 10.3. The average molecular weight is 192 g/mol. The Bertz CT molecular complexity index is 320. The molecule has 0 aliphatic rings. The van der Waals surface area contributed by atoms with Crippen LogP contribution in [0.3, 0.4) is 0 Å². The second kappa shape index (κ2) is 3.31. The fraction of sp³-hybridized carbons (Fsp3) is 0. The Labute approximate surface area is 71.2 Å². The zero-order chi connectivity index (χ0) is 9.14. The van der Waals surface area contributed by atoms with E-state index < -0.39 is 5.97 Å². The Hall–Kier alpha value is -1.43. The summed E-state index contributed by atoms with van der Waals surface area (Å²) in [6.45, 7) is 0. The first-order valence-electron chi connectivity index (χ1n) is 2.76. The first-order valence-corrected chi connectivity index (χ1v) is 3.14. The van der Waals surface area contributed by atoms with Crippen LogP contribution in [-0.4, -0.2) is 15.9 Å². The van der Waals surface area contributed by atoms with Gasteiger partial charge in [0.1, 0.15) is 11.4 Å². The van der Waals surface area contributed by atoms with E-state index in [1.165, 1.54) is 0 Å². The molecular weight excluding hydrogens is 189 g/mol. The van der Waals surface area contributed by atoms with E-state index in [-0.39, 0.29) is 16.7 Å². The minimum absolute atomic E-state index is 0.122. The van der Waals surface area contributed by atoms with Gasteiger partial charge >= 0.3 is 5.97 Å². The summed E-state index contributed by atoms with van der Waals surface area (Å²) >= 11 is 5.32. The molecule has 7 heteroatoms. The van der Waals surface area contributed by atoms with Gasteiger partial charge in [-0.25, -0.2) is 19.7 Å². The number of nitrogen functional groups attached to an aromatic ring is 1. The molecule has 0 saturated carbocycles. The van der Waals surface area contributed by atoms with Crippen LogP contribution in [-0.2, 0) is 4.94 Å². The molecule has 2 N–H and O–H groups in total. The van der Waals surface area contributed by atoms with Crippen molar-refractivity contribution < 1.29 is 14.3 Å². The van der Waals surface area contributed by atoms with Crippen molar-refractivity contribution in [2.45, 2.75) is 0 Å². The third-order valence-corrected chi connectivity index (χ3v) is 1.26. The molecule has 0 fully saturated rings. The summed E-state index contributed by atoms with van der Waals surface area (Å²) < 4.78 is 11.4. The summed E-state index contributed by atoms with van der Waals surface area (Å²) in [7, 11) is 0. The van der Waals surface area contributed by atoms with E-state index in [0.29, 0.717) is 0 Å². The average Bonchev–Trinajstić information content (AvgIpc) is 2.03. The number of hydrogen-bond donors (Lipinski definition) is 1. The molecule has 0 amide bonds. The summed E-state index contributed by atoms with van der Waals surface area (Å²) in [6, 6.07) is 0. The highest BCUT2D eigenvalue weighted by Gasteiger charge is 2.13. The van der Waals surface area contributed by atoms with Crippen LogP contribution in [0.4, 0.5) is 10.3 Å². The summed E-state index contributed by atoms with van der Waals surface area (Å²) in [4.78, 5) is 20.3. The molecule has 0 unspecified atom stereocenters. The van der Waals surface area contributed by atoms with Crippen molar-refractivity contribution in [2.24, 2.45) is 0 Å². The Morgan fingerprint density at radius 2 is 2.42 bits per heavy atom. The molecule has 1 aromatic heterocycles. The molecule has 0 atom stereocenters. The third kappa shape index (κ3) is 1.59. The molecule has 0 bridgehead atoms. The summed E-state index contributed by atoms with van der Waals surface area (Å²) in [6.07, 6.45) is 0.979. The number of aromatic nitrogens is 2. The number of nitrogens with zero attached hydrogens (tertiary/aromatic N) is 2. The first kappa shape index (κ1) is 8.66. The predicted octanol–water partition coefficient (Wildman–Crippen LogP) is 0.753. The molecule has 5 nitrogen and oxygen atoms in total. The van der Waals surface area contributed by atoms with Crippen molar-refractivity contribution in [1.29, 1.82) is 0 Å². The van der Waals surface area contributed by atoms with Gasteiger partial charge in [-0.05, 0) is 11.6 Å². The van der Waals surface area contributed by atoms with Crippen molar-refractivity contribution in [3.8, 4) is 0 Å². The minimum Gasteiger partial charge on any atom is -0.383 e. The lowest BCUT2D eigenvalue weighted by Crippen LogP contribution is -2.06. The van der Waals surface area contributed by atoms with E-state index in [4.69, 9.17) is 17.3 Å². The van der Waals surface area contributed by atoms with Crippen molar-refractivity contribution in [3.63, 3.8) is 0 Å². The van der Waals surface area contributed by atoms with E-state index in [1.807, 2.05) is 0 Å². The lowest BCUT2D eigenvalue weighted by molar-refractivity contribution is -0.0787. The Balaban J connectivity index is 3.09. The largest absolute Gasteiger partial charge is 0.384 e. The van der Waals surface area contributed by atoms with Crippen LogP contribution in [0, 0.1) is 0 Å². The molecule has 12 heavy (non-hydrogen) atoms. The van der Waals surface area contributed by atoms with Gasteiger partial charge in [-0.3, -0.25) is 0 Å². The molecule has 64 valence electrons. The monoisotopic (exact) mass is 191 g/mol. The second-order valence-corrected chi connectivity index (χ2v) is 2.14. The summed E-state index contributed by atoms with van der Waals surface area (Å²) in [5, 5.41) is -0.122. The molecule has 0 saturated heterocycles. The standard InChI is InChI=1S/C5H3ClFN3O2/c6-5-9-1-2(3(8)10-5)4(11)12-7/h1H,(H2,8,9,10). The fourth-order valence-electron chi connectivity index (χ4n) is 0.571. The summed E-state index contributed by atoms with van der Waals surface area (Å²) in [5.74, 6) is -1.47. The Morgan fingerprint density at radius 1 is 1.75 bits per heavy atom. The van der Waals surface area contributed by atoms with Gasteiger partial charge in [0, 0.05) is 10.7 Å². The number of hydrogen-bond acceptors (Lipinski definition) is 5. The summed E-state index contributed by atoms with van der Waals surface area (Å²) in [5.41, 5.74) is 4.93. The van der Waals surface area contributed by atoms with Crippen LogP contribution < -0.4 is 5.73 Å². The predicted molar refractivity (Wildman–Crippen MR) is 38.0 cm³/mol. The van der Waals surface area contributed by atoms with Crippen LogP contribution in [0.25, 0.3) is 0 Å². The first-order chi connectivity index (χ1) is 5.65. The number of anilines is 1. The normalized spacial score (nSPS) is 9.50. The maximum Gasteiger partial charge on any atom is 0.384 e. The highest BCUT2D eigenvalue weighted by atomic mass is 35.5. The van der Waals surface area contributed by atoms with Gasteiger partial charge in [-0.1, -0.05) is 0 Å². The van der Waals surface area contributed by atoms with Crippen molar-refractivity contribution in [1.82, 2.24) is 9.97 Å². The smallest absolute Gasteiger partial charge is 0.383 e. The molecule has 0 aromatic carbocycles. The van der Waals surface area contributed by atoms with Gasteiger partial charge in [0.15, 0.2) is 0 Å². The second-order valence-electron chi connectivity index (χ2n) is 1.80. The maximum atomic E-state index is 11.4. The van der Waals surface area contributed by atoms with Gasteiger partial charge in [0.25, 0.3) is 0 Å². The van der Waals surface area contributed by atoms with Crippen molar-refractivity contribution in [2.75, 3.05) is 5.73 Å². The SMILES string of the molecule is Nc1nc(Cl)ncc1C(=O)OF.